The lowest BCUT2D eigenvalue weighted by atomic mass is 9.78. The van der Waals surface area contributed by atoms with E-state index in [0.717, 1.165) is 24.6 Å². The molecular weight excluding hydrogens is 272 g/mol. The van der Waals surface area contributed by atoms with Gasteiger partial charge in [-0.05, 0) is 42.9 Å². The maximum absolute atomic E-state index is 13.6. The minimum Gasteiger partial charge on any atom is -0.387 e. The third kappa shape index (κ3) is 4.24. The number of rotatable bonds is 5. The largest absolute Gasteiger partial charge is 0.387 e. The SMILES string of the molecule is CC(C)C1CCCCC1NCC(O)c1cc(F)ccc1F. The van der Waals surface area contributed by atoms with E-state index in [2.05, 4.69) is 19.2 Å². The van der Waals surface area contributed by atoms with Crippen molar-refractivity contribution in [3.05, 3.63) is 35.4 Å². The lowest BCUT2D eigenvalue weighted by molar-refractivity contribution is 0.140. The van der Waals surface area contributed by atoms with E-state index in [1.165, 1.54) is 19.3 Å². The van der Waals surface area contributed by atoms with Gasteiger partial charge in [-0.3, -0.25) is 0 Å². The predicted molar refractivity (Wildman–Crippen MR) is 79.9 cm³/mol. The Morgan fingerprint density at radius 1 is 1.24 bits per heavy atom. The Morgan fingerprint density at radius 3 is 2.67 bits per heavy atom. The van der Waals surface area contributed by atoms with Crippen LogP contribution in [0.3, 0.4) is 0 Å². The monoisotopic (exact) mass is 297 g/mol. The molecule has 0 radical (unpaired) electrons. The maximum Gasteiger partial charge on any atom is 0.129 e. The fraction of sp³-hybridized carbons (Fsp3) is 0.647. The minimum absolute atomic E-state index is 0.0272. The van der Waals surface area contributed by atoms with Crippen molar-refractivity contribution in [2.24, 2.45) is 11.8 Å². The fourth-order valence-corrected chi connectivity index (χ4v) is 3.35. The average Bonchev–Trinajstić information content (AvgIpc) is 2.47. The summed E-state index contributed by atoms with van der Waals surface area (Å²) in [4.78, 5) is 0. The third-order valence-corrected chi connectivity index (χ3v) is 4.57. The van der Waals surface area contributed by atoms with E-state index in [1.54, 1.807) is 0 Å². The van der Waals surface area contributed by atoms with Crippen LogP contribution in [-0.4, -0.2) is 17.7 Å². The zero-order valence-electron chi connectivity index (χ0n) is 12.8. The number of nitrogens with one attached hydrogen (secondary N) is 1. The van der Waals surface area contributed by atoms with Crippen LogP contribution in [0.1, 0.15) is 51.2 Å². The van der Waals surface area contributed by atoms with Crippen molar-refractivity contribution in [1.82, 2.24) is 5.32 Å². The third-order valence-electron chi connectivity index (χ3n) is 4.57. The molecule has 2 rings (SSSR count). The molecule has 1 aromatic rings. The Bertz CT molecular complexity index is 464. The minimum atomic E-state index is -1.02. The summed E-state index contributed by atoms with van der Waals surface area (Å²) < 4.78 is 26.8. The molecule has 4 heteroatoms. The van der Waals surface area contributed by atoms with Crippen molar-refractivity contribution in [3.8, 4) is 0 Å². The normalized spacial score (nSPS) is 24.3. The van der Waals surface area contributed by atoms with E-state index in [1.807, 2.05) is 0 Å². The first-order valence-corrected chi connectivity index (χ1v) is 7.85. The fourth-order valence-electron chi connectivity index (χ4n) is 3.35. The lowest BCUT2D eigenvalue weighted by Crippen LogP contribution is -2.42. The second-order valence-corrected chi connectivity index (χ2v) is 6.39. The number of halogens is 2. The number of aliphatic hydroxyl groups excluding tert-OH is 1. The van der Waals surface area contributed by atoms with Crippen LogP contribution in [0.15, 0.2) is 18.2 Å². The van der Waals surface area contributed by atoms with E-state index < -0.39 is 17.7 Å². The predicted octanol–water partition coefficient (Wildman–Crippen LogP) is 3.80. The molecule has 118 valence electrons. The highest BCUT2D eigenvalue weighted by atomic mass is 19.1. The molecule has 21 heavy (non-hydrogen) atoms. The van der Waals surface area contributed by atoms with Gasteiger partial charge in [0.05, 0.1) is 6.10 Å². The van der Waals surface area contributed by atoms with Crippen LogP contribution in [0, 0.1) is 23.5 Å². The second kappa shape index (κ2) is 7.32. The highest BCUT2D eigenvalue weighted by Crippen LogP contribution is 2.30. The first-order valence-electron chi connectivity index (χ1n) is 7.85. The van der Waals surface area contributed by atoms with Crippen LogP contribution in [-0.2, 0) is 0 Å². The molecule has 3 atom stereocenters. The van der Waals surface area contributed by atoms with Gasteiger partial charge in [0, 0.05) is 18.2 Å². The van der Waals surface area contributed by atoms with Gasteiger partial charge in [-0.15, -0.1) is 0 Å². The quantitative estimate of drug-likeness (QED) is 0.866. The molecule has 0 bridgehead atoms. The summed E-state index contributed by atoms with van der Waals surface area (Å²) in [5.74, 6) is 0.0899. The summed E-state index contributed by atoms with van der Waals surface area (Å²) in [5.41, 5.74) is 0.0272. The summed E-state index contributed by atoms with van der Waals surface area (Å²) in [6, 6.07) is 3.55. The van der Waals surface area contributed by atoms with E-state index in [0.29, 0.717) is 17.9 Å². The van der Waals surface area contributed by atoms with Crippen LogP contribution in [0.5, 0.6) is 0 Å². The molecule has 0 aromatic heterocycles. The summed E-state index contributed by atoms with van der Waals surface area (Å²) in [6.07, 6.45) is 3.70. The topological polar surface area (TPSA) is 32.3 Å². The maximum atomic E-state index is 13.6. The molecule has 1 aliphatic carbocycles. The first-order chi connectivity index (χ1) is 9.99. The summed E-state index contributed by atoms with van der Waals surface area (Å²) in [5, 5.41) is 13.5. The van der Waals surface area contributed by atoms with Gasteiger partial charge in [0.15, 0.2) is 0 Å². The molecule has 3 unspecified atom stereocenters. The molecule has 2 N–H and O–H groups in total. The molecule has 0 amide bonds. The summed E-state index contributed by atoms with van der Waals surface area (Å²) in [7, 11) is 0. The van der Waals surface area contributed by atoms with Gasteiger partial charge in [-0.25, -0.2) is 8.78 Å². The van der Waals surface area contributed by atoms with Crippen LogP contribution < -0.4 is 5.32 Å². The average molecular weight is 297 g/mol. The van der Waals surface area contributed by atoms with Crippen LogP contribution >= 0.6 is 0 Å². The molecule has 2 nitrogen and oxygen atoms in total. The highest BCUT2D eigenvalue weighted by molar-refractivity contribution is 5.21. The van der Waals surface area contributed by atoms with Gasteiger partial charge < -0.3 is 10.4 Å². The van der Waals surface area contributed by atoms with E-state index >= 15 is 0 Å². The Balaban J connectivity index is 1.96. The zero-order valence-corrected chi connectivity index (χ0v) is 12.8. The van der Waals surface area contributed by atoms with E-state index in [9.17, 15) is 13.9 Å². The van der Waals surface area contributed by atoms with Crippen LogP contribution in [0.25, 0.3) is 0 Å². The molecule has 1 fully saturated rings. The van der Waals surface area contributed by atoms with Crippen molar-refractivity contribution in [2.75, 3.05) is 6.54 Å². The number of hydrogen-bond donors (Lipinski definition) is 2. The van der Waals surface area contributed by atoms with E-state index in [-0.39, 0.29) is 12.1 Å². The lowest BCUT2D eigenvalue weighted by Gasteiger charge is -2.35. The van der Waals surface area contributed by atoms with Crippen molar-refractivity contribution >= 4 is 0 Å². The molecule has 0 spiro atoms. The standard InChI is InChI=1S/C17H25F2NO/c1-11(2)13-5-3-4-6-16(13)20-10-17(21)14-9-12(18)7-8-15(14)19/h7-9,11,13,16-17,20-21H,3-6,10H2,1-2H3. The van der Waals surface area contributed by atoms with Crippen molar-refractivity contribution in [1.29, 1.82) is 0 Å². The molecular formula is C17H25F2NO. The molecule has 1 aromatic carbocycles. The summed E-state index contributed by atoms with van der Waals surface area (Å²) >= 11 is 0. The first kappa shape index (κ1) is 16.4. The van der Waals surface area contributed by atoms with Crippen LogP contribution in [0.4, 0.5) is 8.78 Å². The van der Waals surface area contributed by atoms with Gasteiger partial charge in [-0.2, -0.15) is 0 Å². The van der Waals surface area contributed by atoms with E-state index in [4.69, 9.17) is 0 Å². The smallest absolute Gasteiger partial charge is 0.129 e. The van der Waals surface area contributed by atoms with Gasteiger partial charge in [-0.1, -0.05) is 26.7 Å². The second-order valence-electron chi connectivity index (χ2n) is 6.39. The van der Waals surface area contributed by atoms with Gasteiger partial charge in [0.25, 0.3) is 0 Å². The number of benzene rings is 1. The molecule has 1 aliphatic rings. The van der Waals surface area contributed by atoms with Crippen LogP contribution in [0.2, 0.25) is 0 Å². The summed E-state index contributed by atoms with van der Waals surface area (Å²) in [6.45, 7) is 4.69. The van der Waals surface area contributed by atoms with Crippen molar-refractivity contribution < 1.29 is 13.9 Å². The molecule has 1 saturated carbocycles. The number of aliphatic hydroxyl groups is 1. The van der Waals surface area contributed by atoms with Gasteiger partial charge in [0.2, 0.25) is 0 Å². The number of hydrogen-bond acceptors (Lipinski definition) is 2. The Hall–Kier alpha value is -1.00. The zero-order chi connectivity index (χ0) is 15.4. The highest BCUT2D eigenvalue weighted by Gasteiger charge is 2.27. The molecule has 0 saturated heterocycles. The van der Waals surface area contributed by atoms with Crippen molar-refractivity contribution in [3.63, 3.8) is 0 Å². The Kier molecular flexibility index (Phi) is 5.71. The van der Waals surface area contributed by atoms with Gasteiger partial charge >= 0.3 is 0 Å². The van der Waals surface area contributed by atoms with Crippen molar-refractivity contribution in [2.45, 2.75) is 51.7 Å². The molecule has 0 aliphatic heterocycles. The van der Waals surface area contributed by atoms with Gasteiger partial charge in [0.1, 0.15) is 11.6 Å². The Labute approximate surface area is 125 Å². The Morgan fingerprint density at radius 2 is 1.95 bits per heavy atom. The molecule has 0 heterocycles.